The second kappa shape index (κ2) is 8.95. The van der Waals surface area contributed by atoms with Crippen LogP contribution in [0.1, 0.15) is 16.7 Å². The molecular formula is C22H20ClN5O2S. The lowest BCUT2D eigenvalue weighted by Gasteiger charge is -2.07. The van der Waals surface area contributed by atoms with Crippen LogP contribution in [0.5, 0.6) is 0 Å². The van der Waals surface area contributed by atoms with Crippen molar-refractivity contribution in [3.8, 4) is 0 Å². The zero-order chi connectivity index (χ0) is 22.0. The van der Waals surface area contributed by atoms with Crippen LogP contribution in [0, 0.1) is 13.8 Å². The highest BCUT2D eigenvalue weighted by molar-refractivity contribution is 7.98. The van der Waals surface area contributed by atoms with E-state index in [9.17, 15) is 9.59 Å². The highest BCUT2D eigenvalue weighted by Crippen LogP contribution is 2.21. The van der Waals surface area contributed by atoms with Crippen molar-refractivity contribution in [1.29, 1.82) is 0 Å². The predicted octanol–water partition coefficient (Wildman–Crippen LogP) is 4.09. The maximum absolute atomic E-state index is 12.7. The van der Waals surface area contributed by atoms with Crippen LogP contribution < -0.4 is 11.0 Å². The summed E-state index contributed by atoms with van der Waals surface area (Å²) in [6.45, 7) is 3.73. The smallest absolute Gasteiger partial charge is 0.324 e. The first-order chi connectivity index (χ1) is 14.9. The molecule has 7 nitrogen and oxygen atoms in total. The van der Waals surface area contributed by atoms with E-state index in [0.29, 0.717) is 27.1 Å². The summed E-state index contributed by atoms with van der Waals surface area (Å²) in [5.74, 6) is 0.365. The number of hydrogen-bond donors (Lipinski definition) is 1. The molecule has 0 spiro atoms. The largest absolute Gasteiger partial charge is 0.367 e. The number of anilines is 1. The molecule has 4 rings (SSSR count). The predicted molar refractivity (Wildman–Crippen MR) is 123 cm³/mol. The quantitative estimate of drug-likeness (QED) is 0.444. The van der Waals surface area contributed by atoms with Crippen molar-refractivity contribution in [3.63, 3.8) is 0 Å². The second-order valence-corrected chi connectivity index (χ2v) is 8.65. The Balaban J connectivity index is 1.47. The number of carbonyl (C=O) groups excluding carboxylic acids is 1. The highest BCUT2D eigenvalue weighted by atomic mass is 35.5. The van der Waals surface area contributed by atoms with E-state index in [1.165, 1.54) is 16.3 Å². The first-order valence-corrected chi connectivity index (χ1v) is 11.0. The van der Waals surface area contributed by atoms with Gasteiger partial charge >= 0.3 is 5.69 Å². The lowest BCUT2D eigenvalue weighted by Crippen LogP contribution is -2.28. The molecule has 1 N–H and O–H groups in total. The fourth-order valence-corrected chi connectivity index (χ4v) is 4.13. The van der Waals surface area contributed by atoms with E-state index in [4.69, 9.17) is 11.6 Å². The summed E-state index contributed by atoms with van der Waals surface area (Å²) in [5, 5.41) is 12.8. The van der Waals surface area contributed by atoms with Crippen molar-refractivity contribution >= 4 is 40.6 Å². The molecule has 1 amide bonds. The summed E-state index contributed by atoms with van der Waals surface area (Å²) in [6, 6.07) is 16.9. The number of fused-ring (bicyclic) bond motifs is 1. The SMILES string of the molecule is Cc1cc(C)cc(NC(=O)Cn2nc3ccc(SCc4ccc(Cl)cc4)nn3c2=O)c1. The molecule has 0 saturated heterocycles. The van der Waals surface area contributed by atoms with Gasteiger partial charge in [0.2, 0.25) is 5.91 Å². The van der Waals surface area contributed by atoms with Crippen LogP contribution in [0.3, 0.4) is 0 Å². The Morgan fingerprint density at radius 2 is 1.74 bits per heavy atom. The van der Waals surface area contributed by atoms with Gasteiger partial charge in [0.25, 0.3) is 0 Å². The third-order valence-corrected chi connectivity index (χ3v) is 5.76. The van der Waals surface area contributed by atoms with E-state index in [2.05, 4.69) is 15.5 Å². The van der Waals surface area contributed by atoms with E-state index in [1.807, 2.05) is 62.4 Å². The van der Waals surface area contributed by atoms with Crippen molar-refractivity contribution in [2.45, 2.75) is 31.2 Å². The van der Waals surface area contributed by atoms with Gasteiger partial charge in [-0.3, -0.25) is 4.79 Å². The summed E-state index contributed by atoms with van der Waals surface area (Å²) >= 11 is 7.41. The third kappa shape index (κ3) is 5.15. The first kappa shape index (κ1) is 21.1. The van der Waals surface area contributed by atoms with Crippen molar-refractivity contribution < 1.29 is 4.79 Å². The van der Waals surface area contributed by atoms with E-state index >= 15 is 0 Å². The average Bonchev–Trinajstić information content (AvgIpc) is 3.01. The van der Waals surface area contributed by atoms with E-state index in [0.717, 1.165) is 21.4 Å². The molecule has 4 aromatic rings. The van der Waals surface area contributed by atoms with E-state index < -0.39 is 5.69 Å². The van der Waals surface area contributed by atoms with Gasteiger partial charge in [0, 0.05) is 16.5 Å². The number of carbonyl (C=O) groups is 1. The van der Waals surface area contributed by atoms with Gasteiger partial charge in [-0.1, -0.05) is 41.6 Å². The van der Waals surface area contributed by atoms with Crippen LogP contribution in [-0.4, -0.2) is 25.3 Å². The molecule has 158 valence electrons. The molecule has 9 heteroatoms. The van der Waals surface area contributed by atoms with Gasteiger partial charge in [-0.15, -0.1) is 5.10 Å². The molecule has 0 aliphatic heterocycles. The number of aromatic nitrogens is 4. The topological polar surface area (TPSA) is 81.3 Å². The third-order valence-electron chi connectivity index (χ3n) is 4.51. The Morgan fingerprint density at radius 3 is 2.45 bits per heavy atom. The number of halogens is 1. The number of nitrogens with zero attached hydrogens (tertiary/aromatic N) is 4. The molecule has 0 saturated carbocycles. The zero-order valence-electron chi connectivity index (χ0n) is 17.0. The Kier molecular flexibility index (Phi) is 6.11. The van der Waals surface area contributed by atoms with Gasteiger partial charge in [-0.25, -0.2) is 9.48 Å². The monoisotopic (exact) mass is 453 g/mol. The van der Waals surface area contributed by atoms with Crippen LogP contribution in [0.4, 0.5) is 5.69 Å². The standard InChI is InChI=1S/C22H20ClN5O2S/c1-14-9-15(2)11-18(10-14)24-20(29)12-27-22(30)28-19(25-27)7-8-21(26-28)31-13-16-3-5-17(23)6-4-16/h3-11H,12-13H2,1-2H3,(H,24,29). The number of nitrogens with one attached hydrogen (secondary N) is 1. The van der Waals surface area contributed by atoms with Crippen LogP contribution >= 0.6 is 23.4 Å². The lowest BCUT2D eigenvalue weighted by atomic mass is 10.1. The number of hydrogen-bond acceptors (Lipinski definition) is 5. The minimum absolute atomic E-state index is 0.192. The molecule has 0 aliphatic carbocycles. The molecule has 2 heterocycles. The fourth-order valence-electron chi connectivity index (χ4n) is 3.19. The number of rotatable bonds is 6. The van der Waals surface area contributed by atoms with Crippen LogP contribution in [0.15, 0.2) is 64.4 Å². The summed E-state index contributed by atoms with van der Waals surface area (Å²) in [5.41, 5.74) is 3.82. The Hall–Kier alpha value is -3.10. The number of amides is 1. The van der Waals surface area contributed by atoms with Gasteiger partial charge in [0.1, 0.15) is 11.6 Å². The number of thioether (sulfide) groups is 1. The Bertz CT molecular complexity index is 1290. The van der Waals surface area contributed by atoms with Gasteiger partial charge in [-0.05, 0) is 66.9 Å². The van der Waals surface area contributed by atoms with Crippen LogP contribution in [0.2, 0.25) is 5.02 Å². The van der Waals surface area contributed by atoms with Crippen molar-refractivity contribution in [2.75, 3.05) is 5.32 Å². The minimum atomic E-state index is -0.459. The zero-order valence-corrected chi connectivity index (χ0v) is 18.6. The normalized spacial score (nSPS) is 11.1. The summed E-state index contributed by atoms with van der Waals surface area (Å²) < 4.78 is 2.34. The Labute approximate surface area is 188 Å². The molecule has 0 radical (unpaired) electrons. The van der Waals surface area contributed by atoms with Gasteiger partial charge < -0.3 is 5.32 Å². The molecule has 0 atom stereocenters. The highest BCUT2D eigenvalue weighted by Gasteiger charge is 2.13. The molecule has 0 aliphatic rings. The van der Waals surface area contributed by atoms with Gasteiger partial charge in [-0.2, -0.15) is 9.61 Å². The summed E-state index contributed by atoms with van der Waals surface area (Å²) in [7, 11) is 0. The summed E-state index contributed by atoms with van der Waals surface area (Å²) in [4.78, 5) is 25.1. The first-order valence-electron chi connectivity index (χ1n) is 9.60. The van der Waals surface area contributed by atoms with Crippen molar-refractivity contribution in [2.24, 2.45) is 0 Å². The molecule has 2 aromatic carbocycles. The fraction of sp³-hybridized carbons (Fsp3) is 0.182. The summed E-state index contributed by atoms with van der Waals surface area (Å²) in [6.07, 6.45) is 0. The van der Waals surface area contributed by atoms with E-state index in [1.54, 1.807) is 6.07 Å². The van der Waals surface area contributed by atoms with Crippen molar-refractivity contribution in [1.82, 2.24) is 19.4 Å². The van der Waals surface area contributed by atoms with E-state index in [-0.39, 0.29) is 12.5 Å². The second-order valence-electron chi connectivity index (χ2n) is 7.22. The molecule has 0 unspecified atom stereocenters. The molecule has 31 heavy (non-hydrogen) atoms. The number of aryl methyl sites for hydroxylation is 2. The van der Waals surface area contributed by atoms with Gasteiger partial charge in [0.15, 0.2) is 5.65 Å². The average molecular weight is 454 g/mol. The maximum atomic E-state index is 12.7. The molecule has 0 fully saturated rings. The van der Waals surface area contributed by atoms with Gasteiger partial charge in [0.05, 0.1) is 0 Å². The lowest BCUT2D eigenvalue weighted by molar-refractivity contribution is -0.117. The molecule has 2 aromatic heterocycles. The number of benzene rings is 2. The molecular weight excluding hydrogens is 434 g/mol. The molecule has 0 bridgehead atoms. The van der Waals surface area contributed by atoms with Crippen LogP contribution in [0.25, 0.3) is 5.65 Å². The maximum Gasteiger partial charge on any atom is 0.367 e. The van der Waals surface area contributed by atoms with Crippen molar-refractivity contribution in [3.05, 3.63) is 86.8 Å². The van der Waals surface area contributed by atoms with Crippen LogP contribution in [-0.2, 0) is 17.1 Å². The Morgan fingerprint density at radius 1 is 1.03 bits per heavy atom. The minimum Gasteiger partial charge on any atom is -0.324 e.